The molecule has 0 atom stereocenters. The van der Waals surface area contributed by atoms with Crippen LogP contribution in [0, 0.1) is 11.3 Å². The molecule has 0 spiro atoms. The standard InChI is InChI=1S/C22H21N11O2/c23-10-13-1-4-17(24-11-13)31-5-7-32(8-6-31)20-28-18-14(9-16-19(34)29-22(35)27-16)12-25-33(18)21(30-20)26-15-2-3-15/h1,4,9,11-12,15,34H,2-3,5-8H2,(H2,27,29,35)/b14-9+,26-21?. The molecule has 2 aliphatic rings. The van der Waals surface area contributed by atoms with Gasteiger partial charge in [0.15, 0.2) is 5.65 Å². The summed E-state index contributed by atoms with van der Waals surface area (Å²) in [5, 5.41) is 24.0. The summed E-state index contributed by atoms with van der Waals surface area (Å²) in [6, 6.07) is 5.95. The summed E-state index contributed by atoms with van der Waals surface area (Å²) in [6.45, 7) is 2.80. The first kappa shape index (κ1) is 20.8. The number of rotatable bonds is 4. The molecule has 1 saturated heterocycles. The average molecular weight is 471 g/mol. The van der Waals surface area contributed by atoms with Crippen LogP contribution in [0.5, 0.6) is 5.88 Å². The summed E-state index contributed by atoms with van der Waals surface area (Å²) in [5.41, 5.74) is 1.29. The van der Waals surface area contributed by atoms with Crippen LogP contribution >= 0.6 is 0 Å². The third-order valence-corrected chi connectivity index (χ3v) is 6.01. The maximum absolute atomic E-state index is 11.5. The number of H-pyrrole nitrogens is 2. The zero-order valence-electron chi connectivity index (χ0n) is 18.6. The van der Waals surface area contributed by atoms with E-state index in [0.29, 0.717) is 41.1 Å². The summed E-state index contributed by atoms with van der Waals surface area (Å²) in [6.07, 6.45) is 6.85. The van der Waals surface area contributed by atoms with Crippen LogP contribution in [0.3, 0.4) is 0 Å². The Morgan fingerprint density at radius 1 is 1.11 bits per heavy atom. The third-order valence-electron chi connectivity index (χ3n) is 6.01. The predicted molar refractivity (Wildman–Crippen MR) is 125 cm³/mol. The highest BCUT2D eigenvalue weighted by Gasteiger charge is 2.23. The molecule has 5 heterocycles. The fourth-order valence-corrected chi connectivity index (χ4v) is 3.99. The number of hydrogen-bond acceptors (Lipinski definition) is 10. The summed E-state index contributed by atoms with van der Waals surface area (Å²) in [5.74, 6) is 1.13. The first-order chi connectivity index (χ1) is 17.1. The number of piperazine rings is 1. The second kappa shape index (κ2) is 8.24. The minimum Gasteiger partial charge on any atom is -0.493 e. The Labute approximate surface area is 197 Å². The van der Waals surface area contributed by atoms with Gasteiger partial charge in [-0.2, -0.15) is 24.8 Å². The maximum Gasteiger partial charge on any atom is 0.326 e. The summed E-state index contributed by atoms with van der Waals surface area (Å²) < 4.78 is 1.59. The van der Waals surface area contributed by atoms with Crippen molar-refractivity contribution >= 4 is 23.5 Å². The highest BCUT2D eigenvalue weighted by atomic mass is 16.3. The van der Waals surface area contributed by atoms with Crippen LogP contribution in [-0.4, -0.2) is 71.9 Å². The molecular formula is C22H21N11O2. The van der Waals surface area contributed by atoms with Crippen LogP contribution in [-0.2, 0) is 0 Å². The molecule has 0 aromatic carbocycles. The molecule has 3 N–H and O–H groups in total. The van der Waals surface area contributed by atoms with Gasteiger partial charge in [0, 0.05) is 37.6 Å². The molecule has 1 saturated carbocycles. The molecule has 1 aliphatic heterocycles. The topological polar surface area (TPSA) is 167 Å². The average Bonchev–Trinajstić information content (AvgIpc) is 3.52. The van der Waals surface area contributed by atoms with Crippen LogP contribution in [0.15, 0.2) is 34.3 Å². The van der Waals surface area contributed by atoms with Gasteiger partial charge in [-0.25, -0.2) is 14.8 Å². The molecule has 176 valence electrons. The van der Waals surface area contributed by atoms with Crippen LogP contribution < -0.4 is 26.3 Å². The number of imidazole rings is 1. The molecule has 0 unspecified atom stereocenters. The number of anilines is 2. The van der Waals surface area contributed by atoms with Crippen molar-refractivity contribution in [1.29, 1.82) is 5.26 Å². The molecule has 0 amide bonds. The number of nitriles is 1. The van der Waals surface area contributed by atoms with E-state index in [-0.39, 0.29) is 17.6 Å². The van der Waals surface area contributed by atoms with Gasteiger partial charge in [0.25, 0.3) is 5.62 Å². The highest BCUT2D eigenvalue weighted by Crippen LogP contribution is 2.22. The van der Waals surface area contributed by atoms with Gasteiger partial charge < -0.3 is 19.9 Å². The molecule has 0 radical (unpaired) electrons. The Kier molecular flexibility index (Phi) is 4.91. The third kappa shape index (κ3) is 4.05. The van der Waals surface area contributed by atoms with Gasteiger partial charge in [-0.15, -0.1) is 0 Å². The lowest BCUT2D eigenvalue weighted by molar-refractivity contribution is 0.454. The van der Waals surface area contributed by atoms with Crippen molar-refractivity contribution < 1.29 is 5.11 Å². The molecule has 6 rings (SSSR count). The van der Waals surface area contributed by atoms with E-state index in [1.54, 1.807) is 29.1 Å². The van der Waals surface area contributed by atoms with Crippen LogP contribution in [0.1, 0.15) is 24.1 Å². The second-order valence-electron chi connectivity index (χ2n) is 8.50. The fraction of sp³-hybridized carbons (Fsp3) is 0.318. The Hall–Kier alpha value is -4.73. The monoisotopic (exact) mass is 471 g/mol. The summed E-state index contributed by atoms with van der Waals surface area (Å²) >= 11 is 0. The fourth-order valence-electron chi connectivity index (χ4n) is 3.99. The van der Waals surface area contributed by atoms with E-state index in [0.717, 1.165) is 31.7 Å². The van der Waals surface area contributed by atoms with Gasteiger partial charge >= 0.3 is 5.69 Å². The van der Waals surface area contributed by atoms with E-state index in [9.17, 15) is 9.90 Å². The first-order valence-electron chi connectivity index (χ1n) is 11.3. The van der Waals surface area contributed by atoms with Crippen LogP contribution in [0.2, 0.25) is 0 Å². The number of aromatic nitrogens is 7. The van der Waals surface area contributed by atoms with Crippen molar-refractivity contribution in [3.05, 3.63) is 57.1 Å². The van der Waals surface area contributed by atoms with Crippen molar-refractivity contribution in [2.75, 3.05) is 36.0 Å². The lowest BCUT2D eigenvalue weighted by Gasteiger charge is -2.35. The number of nitrogens with zero attached hydrogens (tertiary/aromatic N) is 9. The predicted octanol–water partition coefficient (Wildman–Crippen LogP) is -0.950. The van der Waals surface area contributed by atoms with Gasteiger partial charge in [0.05, 0.1) is 17.8 Å². The van der Waals surface area contributed by atoms with E-state index >= 15 is 0 Å². The molecule has 4 aromatic rings. The van der Waals surface area contributed by atoms with Gasteiger partial charge in [-0.1, -0.05) is 0 Å². The van der Waals surface area contributed by atoms with Crippen molar-refractivity contribution in [3.8, 4) is 11.9 Å². The minimum absolute atomic E-state index is 0.238. The molecule has 2 fully saturated rings. The van der Waals surface area contributed by atoms with Gasteiger partial charge in [0.2, 0.25) is 11.8 Å². The van der Waals surface area contributed by atoms with Gasteiger partial charge in [-0.05, 0) is 31.1 Å². The smallest absolute Gasteiger partial charge is 0.326 e. The van der Waals surface area contributed by atoms with Crippen molar-refractivity contribution in [1.82, 2.24) is 34.5 Å². The molecule has 35 heavy (non-hydrogen) atoms. The Balaban J connectivity index is 1.34. The Bertz CT molecular complexity index is 1620. The van der Waals surface area contributed by atoms with E-state index < -0.39 is 5.69 Å². The molecule has 4 aromatic heterocycles. The van der Waals surface area contributed by atoms with Crippen LogP contribution in [0.4, 0.5) is 11.8 Å². The quantitative estimate of drug-likeness (QED) is 0.340. The largest absolute Gasteiger partial charge is 0.493 e. The normalized spacial score (nSPS) is 17.3. The Morgan fingerprint density at radius 2 is 1.91 bits per heavy atom. The van der Waals surface area contributed by atoms with E-state index in [1.165, 1.54) is 0 Å². The number of aromatic hydroxyl groups is 1. The zero-order chi connectivity index (χ0) is 23.9. The molecule has 13 heteroatoms. The van der Waals surface area contributed by atoms with E-state index in [1.807, 2.05) is 6.07 Å². The molecule has 0 bridgehead atoms. The summed E-state index contributed by atoms with van der Waals surface area (Å²) in [4.78, 5) is 39.2. The number of hydrogen-bond donors (Lipinski definition) is 3. The highest BCUT2D eigenvalue weighted by molar-refractivity contribution is 5.57. The SMILES string of the molecule is N#Cc1ccc(N2CCN(c3nc(=NC4CC4)n4nc/c(=C\c5[nH]c(=O)[nH]c5O)c4n3)CC2)nc1. The molecular weight excluding hydrogens is 450 g/mol. The van der Waals surface area contributed by atoms with Crippen molar-refractivity contribution in [2.24, 2.45) is 4.99 Å². The number of nitrogens with one attached hydrogen (secondary N) is 2. The van der Waals surface area contributed by atoms with Gasteiger partial charge in [-0.3, -0.25) is 4.98 Å². The number of pyridine rings is 1. The second-order valence-corrected chi connectivity index (χ2v) is 8.50. The maximum atomic E-state index is 11.5. The van der Waals surface area contributed by atoms with Crippen molar-refractivity contribution in [2.45, 2.75) is 18.9 Å². The number of fused-ring (bicyclic) bond motifs is 1. The van der Waals surface area contributed by atoms with E-state index in [2.05, 4.69) is 35.9 Å². The van der Waals surface area contributed by atoms with Crippen molar-refractivity contribution in [3.63, 3.8) is 0 Å². The first-order valence-corrected chi connectivity index (χ1v) is 11.3. The molecule has 13 nitrogen and oxygen atoms in total. The number of aromatic amines is 2. The minimum atomic E-state index is -0.500. The lowest BCUT2D eigenvalue weighted by atomic mass is 10.2. The zero-order valence-corrected chi connectivity index (χ0v) is 18.6. The molecule has 1 aliphatic carbocycles. The van der Waals surface area contributed by atoms with Crippen LogP contribution in [0.25, 0.3) is 11.7 Å². The Morgan fingerprint density at radius 3 is 2.57 bits per heavy atom. The van der Waals surface area contributed by atoms with Gasteiger partial charge in [0.1, 0.15) is 17.6 Å². The van der Waals surface area contributed by atoms with E-state index in [4.69, 9.17) is 20.2 Å². The lowest BCUT2D eigenvalue weighted by Crippen LogP contribution is -2.48. The summed E-state index contributed by atoms with van der Waals surface area (Å²) in [7, 11) is 0.